The van der Waals surface area contributed by atoms with E-state index in [2.05, 4.69) is 0 Å². The van der Waals surface area contributed by atoms with Gasteiger partial charge in [0.1, 0.15) is 6.54 Å². The normalized spacial score (nSPS) is 24.4. The first-order chi connectivity index (χ1) is 10.5. The maximum Gasteiger partial charge on any atom is 0.406 e. The van der Waals surface area contributed by atoms with Crippen LogP contribution in [0.15, 0.2) is 0 Å². The molecule has 2 aliphatic heterocycles. The Labute approximate surface area is 134 Å². The van der Waals surface area contributed by atoms with Crippen LogP contribution in [0.1, 0.15) is 27.2 Å². The van der Waals surface area contributed by atoms with Gasteiger partial charge < -0.3 is 9.80 Å². The molecule has 2 rings (SSSR count). The van der Waals surface area contributed by atoms with Crippen LogP contribution in [0.5, 0.6) is 0 Å². The second-order valence-corrected chi connectivity index (χ2v) is 7.26. The lowest BCUT2D eigenvalue weighted by Gasteiger charge is -2.39. The summed E-state index contributed by atoms with van der Waals surface area (Å²) in [5.41, 5.74) is -0.450. The first-order valence-corrected chi connectivity index (χ1v) is 7.88. The van der Waals surface area contributed by atoms with Crippen molar-refractivity contribution >= 4 is 11.8 Å². The molecule has 8 heteroatoms. The van der Waals surface area contributed by atoms with Gasteiger partial charge in [0.25, 0.3) is 0 Å². The number of likely N-dealkylation sites (tertiary alicyclic amines) is 1. The molecule has 0 aromatic carbocycles. The Hall–Kier alpha value is -1.31. The number of alkyl halides is 3. The summed E-state index contributed by atoms with van der Waals surface area (Å²) >= 11 is 0. The molecule has 2 fully saturated rings. The van der Waals surface area contributed by atoms with E-state index in [0.717, 1.165) is 4.90 Å². The van der Waals surface area contributed by atoms with Crippen LogP contribution in [-0.4, -0.2) is 78.0 Å². The lowest BCUT2D eigenvalue weighted by Crippen LogP contribution is -2.55. The van der Waals surface area contributed by atoms with Crippen LogP contribution < -0.4 is 0 Å². The Balaban J connectivity index is 1.89. The number of piperazine rings is 1. The number of nitrogens with zero attached hydrogens (tertiary/aromatic N) is 3. The van der Waals surface area contributed by atoms with Crippen molar-refractivity contribution in [3.05, 3.63) is 0 Å². The highest BCUT2D eigenvalue weighted by molar-refractivity contribution is 5.84. The number of halogens is 3. The zero-order valence-corrected chi connectivity index (χ0v) is 13.8. The maximum atomic E-state index is 12.5. The monoisotopic (exact) mass is 335 g/mol. The highest BCUT2D eigenvalue weighted by Crippen LogP contribution is 2.25. The molecule has 0 saturated carbocycles. The second kappa shape index (κ2) is 6.30. The van der Waals surface area contributed by atoms with E-state index >= 15 is 0 Å². The van der Waals surface area contributed by atoms with E-state index in [1.54, 1.807) is 4.90 Å². The fraction of sp³-hybridized carbons (Fsp3) is 0.867. The van der Waals surface area contributed by atoms with Gasteiger partial charge in [-0.3, -0.25) is 14.5 Å². The number of carbonyl (C=O) groups is 2. The third-order valence-corrected chi connectivity index (χ3v) is 4.32. The maximum absolute atomic E-state index is 12.5. The zero-order valence-electron chi connectivity index (χ0n) is 13.8. The van der Waals surface area contributed by atoms with Gasteiger partial charge in [-0.1, -0.05) is 20.8 Å². The molecule has 1 unspecified atom stereocenters. The Kier molecular flexibility index (Phi) is 4.94. The number of carbonyl (C=O) groups excluding carboxylic acids is 2. The van der Waals surface area contributed by atoms with Crippen LogP contribution in [0, 0.1) is 5.41 Å². The van der Waals surface area contributed by atoms with Crippen LogP contribution in [0.3, 0.4) is 0 Å². The van der Waals surface area contributed by atoms with Gasteiger partial charge in [0, 0.05) is 38.1 Å². The van der Waals surface area contributed by atoms with Crippen LogP contribution in [-0.2, 0) is 9.59 Å². The molecule has 23 heavy (non-hydrogen) atoms. The first kappa shape index (κ1) is 18.0. The van der Waals surface area contributed by atoms with E-state index in [0.29, 0.717) is 32.6 Å². The van der Waals surface area contributed by atoms with Gasteiger partial charge >= 0.3 is 6.18 Å². The van der Waals surface area contributed by atoms with Gasteiger partial charge in [0.05, 0.1) is 6.04 Å². The molecular weight excluding hydrogens is 311 g/mol. The lowest BCUT2D eigenvalue weighted by molar-refractivity contribution is -0.159. The van der Waals surface area contributed by atoms with Crippen LogP contribution >= 0.6 is 0 Å². The molecule has 132 valence electrons. The smallest absolute Gasteiger partial charge is 0.340 e. The molecule has 5 nitrogen and oxygen atoms in total. The van der Waals surface area contributed by atoms with Gasteiger partial charge in [-0.15, -0.1) is 0 Å². The molecule has 0 aliphatic carbocycles. The summed E-state index contributed by atoms with van der Waals surface area (Å²) in [7, 11) is 0. The Morgan fingerprint density at radius 3 is 2.13 bits per heavy atom. The van der Waals surface area contributed by atoms with Crippen LogP contribution in [0.25, 0.3) is 0 Å². The second-order valence-electron chi connectivity index (χ2n) is 7.26. The van der Waals surface area contributed by atoms with E-state index in [1.165, 1.54) is 0 Å². The van der Waals surface area contributed by atoms with Crippen molar-refractivity contribution in [3.63, 3.8) is 0 Å². The molecule has 0 spiro atoms. The van der Waals surface area contributed by atoms with Gasteiger partial charge in [0.2, 0.25) is 11.8 Å². The van der Waals surface area contributed by atoms with Crippen LogP contribution in [0.4, 0.5) is 13.2 Å². The fourth-order valence-corrected chi connectivity index (χ4v) is 3.15. The number of hydrogen-bond donors (Lipinski definition) is 0. The molecular formula is C15H24F3N3O2. The minimum atomic E-state index is -4.36. The summed E-state index contributed by atoms with van der Waals surface area (Å²) in [6.45, 7) is 6.62. The van der Waals surface area contributed by atoms with Crippen molar-refractivity contribution in [1.29, 1.82) is 0 Å². The van der Waals surface area contributed by atoms with Crippen molar-refractivity contribution < 1.29 is 22.8 Å². The summed E-state index contributed by atoms with van der Waals surface area (Å²) in [6.07, 6.45) is -3.94. The highest BCUT2D eigenvalue weighted by Gasteiger charge is 2.42. The molecule has 2 saturated heterocycles. The fourth-order valence-electron chi connectivity index (χ4n) is 3.15. The topological polar surface area (TPSA) is 43.9 Å². The molecule has 2 heterocycles. The van der Waals surface area contributed by atoms with E-state index in [1.807, 2.05) is 25.7 Å². The van der Waals surface area contributed by atoms with Crippen molar-refractivity contribution in [2.45, 2.75) is 39.4 Å². The van der Waals surface area contributed by atoms with Gasteiger partial charge in [0.15, 0.2) is 0 Å². The van der Waals surface area contributed by atoms with Crippen molar-refractivity contribution in [2.75, 3.05) is 39.3 Å². The molecule has 2 amide bonds. The van der Waals surface area contributed by atoms with Crippen molar-refractivity contribution in [3.8, 4) is 0 Å². The predicted octanol–water partition coefficient (Wildman–Crippen LogP) is 1.34. The lowest BCUT2D eigenvalue weighted by atomic mass is 9.94. The third kappa shape index (κ3) is 4.37. The molecule has 0 radical (unpaired) electrons. The predicted molar refractivity (Wildman–Crippen MR) is 78.6 cm³/mol. The quantitative estimate of drug-likeness (QED) is 0.765. The largest absolute Gasteiger partial charge is 0.406 e. The van der Waals surface area contributed by atoms with E-state index in [9.17, 15) is 22.8 Å². The van der Waals surface area contributed by atoms with E-state index in [4.69, 9.17) is 0 Å². The SMILES string of the molecule is CC(C)(C)C(=O)N1CCN(C2CCN(CC(F)(F)F)C2=O)CC1. The summed E-state index contributed by atoms with van der Waals surface area (Å²) in [5, 5.41) is 0. The molecule has 0 aromatic rings. The zero-order chi connectivity index (χ0) is 17.4. The molecule has 0 bridgehead atoms. The van der Waals surface area contributed by atoms with Gasteiger partial charge in [-0.25, -0.2) is 0 Å². The van der Waals surface area contributed by atoms with Crippen molar-refractivity contribution in [2.24, 2.45) is 5.41 Å². The van der Waals surface area contributed by atoms with E-state index in [-0.39, 0.29) is 12.5 Å². The van der Waals surface area contributed by atoms with E-state index < -0.39 is 30.1 Å². The van der Waals surface area contributed by atoms with Crippen molar-refractivity contribution in [1.82, 2.24) is 14.7 Å². The Morgan fingerprint density at radius 2 is 1.65 bits per heavy atom. The molecule has 0 aromatic heterocycles. The minimum absolute atomic E-state index is 0.0635. The first-order valence-electron chi connectivity index (χ1n) is 7.88. The number of rotatable bonds is 2. The summed E-state index contributed by atoms with van der Waals surface area (Å²) in [5.74, 6) is -0.383. The number of amides is 2. The minimum Gasteiger partial charge on any atom is -0.340 e. The molecule has 1 atom stereocenters. The average molecular weight is 335 g/mol. The standard InChI is InChI=1S/C15H24F3N3O2/c1-14(2,3)13(23)20-8-6-19(7-9-20)11-4-5-21(12(11)22)10-15(16,17)18/h11H,4-10H2,1-3H3. The third-order valence-electron chi connectivity index (χ3n) is 4.32. The van der Waals surface area contributed by atoms with Gasteiger partial charge in [-0.2, -0.15) is 13.2 Å². The molecule has 2 aliphatic rings. The Bertz CT molecular complexity index is 466. The summed E-state index contributed by atoms with van der Waals surface area (Å²) in [6, 6.07) is -0.482. The van der Waals surface area contributed by atoms with Crippen LogP contribution in [0.2, 0.25) is 0 Å². The number of hydrogen-bond acceptors (Lipinski definition) is 3. The van der Waals surface area contributed by atoms with Gasteiger partial charge in [-0.05, 0) is 6.42 Å². The summed E-state index contributed by atoms with van der Waals surface area (Å²) < 4.78 is 37.4. The highest BCUT2D eigenvalue weighted by atomic mass is 19.4. The molecule has 0 N–H and O–H groups in total. The summed E-state index contributed by atoms with van der Waals surface area (Å²) in [4.78, 5) is 29.0. The average Bonchev–Trinajstić information content (AvgIpc) is 2.77. The Morgan fingerprint density at radius 1 is 1.09 bits per heavy atom.